The highest BCUT2D eigenvalue weighted by Crippen LogP contribution is 2.09. The molecule has 88 valence electrons. The topological polar surface area (TPSA) is 32.3 Å². The van der Waals surface area contributed by atoms with Crippen LogP contribution in [0.5, 0.6) is 0 Å². The lowest BCUT2D eigenvalue weighted by molar-refractivity contribution is -0.131. The molecule has 1 amide bonds. The lowest BCUT2D eigenvalue weighted by Crippen LogP contribution is -2.37. The van der Waals surface area contributed by atoms with Crippen molar-refractivity contribution in [3.63, 3.8) is 0 Å². The molecule has 1 aliphatic heterocycles. The summed E-state index contributed by atoms with van der Waals surface area (Å²) in [4.78, 5) is 13.6. The third kappa shape index (κ3) is 5.11. The molecule has 1 N–H and O–H groups in total. The van der Waals surface area contributed by atoms with Crippen LogP contribution in [0.3, 0.4) is 0 Å². The number of likely N-dealkylation sites (tertiary alicyclic amines) is 1. The number of carbonyl (C=O) groups is 1. The maximum Gasteiger partial charge on any atom is 0.223 e. The molecule has 0 spiro atoms. The van der Waals surface area contributed by atoms with Crippen molar-refractivity contribution in [1.82, 2.24) is 10.2 Å². The Morgan fingerprint density at radius 2 is 1.93 bits per heavy atom. The molecule has 1 saturated heterocycles. The van der Waals surface area contributed by atoms with Crippen LogP contribution in [0.25, 0.3) is 0 Å². The Balaban J connectivity index is 2.02. The van der Waals surface area contributed by atoms with Crippen LogP contribution in [0.1, 0.15) is 32.1 Å². The normalized spacial score (nSPS) is 16.7. The van der Waals surface area contributed by atoms with Gasteiger partial charge in [-0.1, -0.05) is 0 Å². The van der Waals surface area contributed by atoms with Crippen molar-refractivity contribution in [3.8, 4) is 0 Å². The van der Waals surface area contributed by atoms with Crippen LogP contribution in [-0.2, 0) is 4.79 Å². The van der Waals surface area contributed by atoms with Crippen molar-refractivity contribution >= 4 is 5.91 Å². The molecule has 4 heteroatoms. The SMILES string of the molecule is O=C(CCNCCCF)N1CCCCC1. The molecular weight excluding hydrogens is 195 g/mol. The fourth-order valence-electron chi connectivity index (χ4n) is 1.81. The maximum atomic E-state index is 11.8. The standard InChI is InChI=1S/C11H21FN2O/c12-6-4-7-13-8-5-11(15)14-9-2-1-3-10-14/h13H,1-10H2. The van der Waals surface area contributed by atoms with E-state index >= 15 is 0 Å². The zero-order valence-electron chi connectivity index (χ0n) is 9.30. The van der Waals surface area contributed by atoms with Gasteiger partial charge >= 0.3 is 0 Å². The molecule has 0 unspecified atom stereocenters. The number of nitrogens with one attached hydrogen (secondary N) is 1. The summed E-state index contributed by atoms with van der Waals surface area (Å²) < 4.78 is 11.8. The summed E-state index contributed by atoms with van der Waals surface area (Å²) in [5, 5.41) is 3.07. The fourth-order valence-corrected chi connectivity index (χ4v) is 1.81. The van der Waals surface area contributed by atoms with Crippen LogP contribution in [0.15, 0.2) is 0 Å². The lowest BCUT2D eigenvalue weighted by Gasteiger charge is -2.26. The molecule has 3 nitrogen and oxygen atoms in total. The quantitative estimate of drug-likeness (QED) is 0.679. The Hall–Kier alpha value is -0.640. The number of carbonyl (C=O) groups excluding carboxylic acids is 1. The molecule has 0 aromatic heterocycles. The molecule has 0 aromatic carbocycles. The van der Waals surface area contributed by atoms with Gasteiger partial charge in [0.2, 0.25) is 5.91 Å². The predicted octanol–water partition coefficient (Wildman–Crippen LogP) is 1.34. The fraction of sp³-hybridized carbons (Fsp3) is 0.909. The average molecular weight is 216 g/mol. The Bertz CT molecular complexity index is 181. The Morgan fingerprint density at radius 3 is 2.60 bits per heavy atom. The monoisotopic (exact) mass is 216 g/mol. The van der Waals surface area contributed by atoms with E-state index in [1.54, 1.807) is 0 Å². The number of hydrogen-bond acceptors (Lipinski definition) is 2. The molecule has 0 aliphatic carbocycles. The van der Waals surface area contributed by atoms with Gasteiger partial charge < -0.3 is 10.2 Å². The van der Waals surface area contributed by atoms with Crippen molar-refractivity contribution in [2.24, 2.45) is 0 Å². The van der Waals surface area contributed by atoms with E-state index in [0.29, 0.717) is 25.9 Å². The molecule has 1 aliphatic rings. The van der Waals surface area contributed by atoms with E-state index in [0.717, 1.165) is 25.9 Å². The van der Waals surface area contributed by atoms with Gasteiger partial charge in [0.15, 0.2) is 0 Å². The first-order valence-corrected chi connectivity index (χ1v) is 5.89. The van der Waals surface area contributed by atoms with Crippen molar-refractivity contribution in [2.45, 2.75) is 32.1 Å². The van der Waals surface area contributed by atoms with Gasteiger partial charge in [-0.15, -0.1) is 0 Å². The van der Waals surface area contributed by atoms with Gasteiger partial charge in [-0.2, -0.15) is 0 Å². The summed E-state index contributed by atoms with van der Waals surface area (Å²) in [6.45, 7) is 2.90. The average Bonchev–Trinajstić information content (AvgIpc) is 2.30. The number of amides is 1. The second-order valence-electron chi connectivity index (χ2n) is 3.98. The minimum atomic E-state index is -0.285. The second kappa shape index (κ2) is 7.63. The van der Waals surface area contributed by atoms with Crippen molar-refractivity contribution in [1.29, 1.82) is 0 Å². The van der Waals surface area contributed by atoms with Gasteiger partial charge in [-0.05, 0) is 32.2 Å². The van der Waals surface area contributed by atoms with E-state index in [9.17, 15) is 9.18 Å². The summed E-state index contributed by atoms with van der Waals surface area (Å²) in [6, 6.07) is 0. The number of hydrogen-bond donors (Lipinski definition) is 1. The molecule has 1 fully saturated rings. The van der Waals surface area contributed by atoms with Crippen LogP contribution < -0.4 is 5.32 Å². The molecule has 0 aromatic rings. The molecule has 0 saturated carbocycles. The van der Waals surface area contributed by atoms with Crippen LogP contribution in [0.2, 0.25) is 0 Å². The molecular formula is C11H21FN2O. The van der Waals surface area contributed by atoms with Gasteiger partial charge in [0.05, 0.1) is 6.67 Å². The van der Waals surface area contributed by atoms with Gasteiger partial charge in [-0.25, -0.2) is 0 Å². The number of alkyl halides is 1. The minimum Gasteiger partial charge on any atom is -0.343 e. The largest absolute Gasteiger partial charge is 0.343 e. The van der Waals surface area contributed by atoms with Crippen molar-refractivity contribution in [2.75, 3.05) is 32.9 Å². The zero-order chi connectivity index (χ0) is 10.9. The summed E-state index contributed by atoms with van der Waals surface area (Å²) in [7, 11) is 0. The predicted molar refractivity (Wildman–Crippen MR) is 58.5 cm³/mol. The van der Waals surface area contributed by atoms with E-state index in [1.807, 2.05) is 4.90 Å². The molecule has 1 rings (SSSR count). The first-order chi connectivity index (χ1) is 7.34. The maximum absolute atomic E-state index is 11.8. The number of halogens is 1. The van der Waals surface area contributed by atoms with Crippen LogP contribution >= 0.6 is 0 Å². The lowest BCUT2D eigenvalue weighted by atomic mass is 10.1. The Kier molecular flexibility index (Phi) is 6.32. The van der Waals surface area contributed by atoms with Crippen molar-refractivity contribution in [3.05, 3.63) is 0 Å². The van der Waals surface area contributed by atoms with E-state index in [-0.39, 0.29) is 12.6 Å². The third-order valence-corrected chi connectivity index (χ3v) is 2.71. The first-order valence-electron chi connectivity index (χ1n) is 5.89. The zero-order valence-corrected chi connectivity index (χ0v) is 9.30. The van der Waals surface area contributed by atoms with Gasteiger partial charge in [-0.3, -0.25) is 9.18 Å². The molecule has 0 radical (unpaired) electrons. The van der Waals surface area contributed by atoms with Crippen molar-refractivity contribution < 1.29 is 9.18 Å². The van der Waals surface area contributed by atoms with E-state index in [1.165, 1.54) is 6.42 Å². The van der Waals surface area contributed by atoms with Crippen LogP contribution in [0.4, 0.5) is 4.39 Å². The molecule has 0 bridgehead atoms. The van der Waals surface area contributed by atoms with E-state index in [4.69, 9.17) is 0 Å². The third-order valence-electron chi connectivity index (χ3n) is 2.71. The highest BCUT2D eigenvalue weighted by molar-refractivity contribution is 5.76. The van der Waals surface area contributed by atoms with Gasteiger partial charge in [0.1, 0.15) is 0 Å². The van der Waals surface area contributed by atoms with E-state index in [2.05, 4.69) is 5.32 Å². The first kappa shape index (κ1) is 12.4. The van der Waals surface area contributed by atoms with E-state index < -0.39 is 0 Å². The highest BCUT2D eigenvalue weighted by Gasteiger charge is 2.15. The minimum absolute atomic E-state index is 0.238. The van der Waals surface area contributed by atoms with Gasteiger partial charge in [0, 0.05) is 26.1 Å². The highest BCUT2D eigenvalue weighted by atomic mass is 19.1. The number of piperidine rings is 1. The molecule has 1 heterocycles. The Labute approximate surface area is 91.0 Å². The number of nitrogens with zero attached hydrogens (tertiary/aromatic N) is 1. The summed E-state index contributed by atoms with van der Waals surface area (Å²) >= 11 is 0. The summed E-state index contributed by atoms with van der Waals surface area (Å²) in [5.74, 6) is 0.238. The van der Waals surface area contributed by atoms with Crippen LogP contribution in [0, 0.1) is 0 Å². The van der Waals surface area contributed by atoms with Crippen LogP contribution in [-0.4, -0.2) is 43.7 Å². The smallest absolute Gasteiger partial charge is 0.223 e. The molecule has 15 heavy (non-hydrogen) atoms. The number of rotatable bonds is 6. The molecule has 0 atom stereocenters. The summed E-state index contributed by atoms with van der Waals surface area (Å²) in [6.07, 6.45) is 4.62. The second-order valence-corrected chi connectivity index (χ2v) is 3.98. The Morgan fingerprint density at radius 1 is 1.20 bits per heavy atom. The summed E-state index contributed by atoms with van der Waals surface area (Å²) in [5.41, 5.74) is 0. The van der Waals surface area contributed by atoms with Gasteiger partial charge in [0.25, 0.3) is 0 Å².